The Labute approximate surface area is 243 Å². The number of carbonyl (C=O) groups is 1. The Hall–Kier alpha value is -0.890. The van der Waals surface area contributed by atoms with E-state index >= 15 is 0 Å². The van der Waals surface area contributed by atoms with Crippen LogP contribution < -0.4 is 5.32 Å². The van der Waals surface area contributed by atoms with Crippen molar-refractivity contribution in [1.29, 1.82) is 0 Å². The fourth-order valence-electron chi connectivity index (χ4n) is 11.7. The Bertz CT molecular complexity index is 1000. The van der Waals surface area contributed by atoms with Crippen molar-refractivity contribution in [2.75, 3.05) is 27.2 Å². The summed E-state index contributed by atoms with van der Waals surface area (Å²) in [7, 11) is 4.02. The monoisotopic (exact) mass is 562 g/mol. The maximum Gasteiger partial charge on any atom is 0.407 e. The summed E-state index contributed by atoms with van der Waals surface area (Å²) in [5.41, 5.74) is 0.0336. The molecule has 6 aliphatic rings. The molecule has 1 aliphatic heterocycles. The van der Waals surface area contributed by atoms with Crippen molar-refractivity contribution in [3.8, 4) is 0 Å². The highest BCUT2D eigenvalue weighted by atomic mass is 16.6. The Morgan fingerprint density at radius 2 is 1.77 bits per heavy atom. The van der Waals surface area contributed by atoms with E-state index in [1.165, 1.54) is 38.5 Å². The maximum atomic E-state index is 12.7. The van der Waals surface area contributed by atoms with Crippen molar-refractivity contribution in [2.24, 2.45) is 45.3 Å². The molecule has 1 saturated heterocycles. The lowest BCUT2D eigenvalue weighted by Crippen LogP contribution is -2.55. The van der Waals surface area contributed by atoms with Crippen LogP contribution >= 0.6 is 0 Å². The summed E-state index contributed by atoms with van der Waals surface area (Å²) in [4.78, 5) is 14.7. The van der Waals surface area contributed by atoms with Crippen molar-refractivity contribution in [1.82, 2.24) is 10.2 Å². The molecule has 9 unspecified atom stereocenters. The van der Waals surface area contributed by atoms with Crippen molar-refractivity contribution in [2.45, 2.75) is 129 Å². The molecule has 1 amide bonds. The second kappa shape index (κ2) is 9.56. The second-order valence-corrected chi connectivity index (χ2v) is 16.6. The Morgan fingerprint density at radius 3 is 2.48 bits per heavy atom. The van der Waals surface area contributed by atoms with Gasteiger partial charge in [0.05, 0.1) is 17.8 Å². The number of aliphatic hydroxyl groups excluding tert-OH is 1. The van der Waals surface area contributed by atoms with E-state index < -0.39 is 11.7 Å². The Kier molecular flexibility index (Phi) is 6.97. The van der Waals surface area contributed by atoms with Crippen LogP contribution in [0.4, 0.5) is 4.79 Å². The van der Waals surface area contributed by atoms with E-state index in [0.29, 0.717) is 40.5 Å². The van der Waals surface area contributed by atoms with E-state index in [4.69, 9.17) is 9.47 Å². The summed E-state index contributed by atoms with van der Waals surface area (Å²) >= 11 is 0. The second-order valence-electron chi connectivity index (χ2n) is 16.6. The number of carbonyl (C=O) groups excluding carboxylic acids is 1. The number of aliphatic hydroxyl groups is 2. The van der Waals surface area contributed by atoms with E-state index in [1.807, 2.05) is 14.1 Å². The SMILES string of the molecule is CN(C)CCNC(=O)O[C@H]1CCC23CC24CCC2(C)C5CCC([C@H](O)C(C)(C)O)OC5CC2C4CCC3C1(C)C.[HH]. The highest BCUT2D eigenvalue weighted by Gasteiger charge is 2.80. The zero-order chi connectivity index (χ0) is 28.9. The highest BCUT2D eigenvalue weighted by Crippen LogP contribution is 2.87. The summed E-state index contributed by atoms with van der Waals surface area (Å²) in [6.45, 7) is 12.1. The number of nitrogens with zero attached hydrogens (tertiary/aromatic N) is 1. The highest BCUT2D eigenvalue weighted by molar-refractivity contribution is 5.67. The summed E-state index contributed by atoms with van der Waals surface area (Å²) in [5.74, 6) is 2.63. The lowest BCUT2D eigenvalue weighted by atomic mass is 9.46. The van der Waals surface area contributed by atoms with E-state index in [0.717, 1.165) is 38.1 Å². The average Bonchev–Trinajstić information content (AvgIpc) is 3.44. The standard InChI is InChI=1S/C33H56N2O5.H2/c1-29(2)25-11-9-20-22-18-24-21(8-10-23(39-24)27(36)30(3,4)38)31(22,5)14-15-32(20)19-33(25,32)13-12-26(29)40-28(37)34-16-17-35(6)7;/h20-27,36,38H,8-19H2,1-7H3,(H,34,37);1H/t20?,21?,22?,23?,24?,25?,26-,27-,31?,32?,33?;/m0./s1. The van der Waals surface area contributed by atoms with Gasteiger partial charge < -0.3 is 29.9 Å². The van der Waals surface area contributed by atoms with Crippen LogP contribution in [0.3, 0.4) is 0 Å². The number of amides is 1. The minimum Gasteiger partial charge on any atom is -0.446 e. The molecule has 0 aromatic heterocycles. The number of ether oxygens (including phenoxy) is 2. The van der Waals surface area contributed by atoms with Crippen molar-refractivity contribution in [3.05, 3.63) is 0 Å². The minimum absolute atomic E-state index is 0. The first-order chi connectivity index (χ1) is 18.7. The van der Waals surface area contributed by atoms with Crippen LogP contribution in [-0.2, 0) is 9.47 Å². The normalized spacial score (nSPS) is 47.7. The van der Waals surface area contributed by atoms with Crippen LogP contribution in [0.2, 0.25) is 0 Å². The molecule has 7 heteroatoms. The molecule has 0 aromatic carbocycles. The van der Waals surface area contributed by atoms with Crippen LogP contribution in [0.1, 0.15) is 100 Å². The van der Waals surface area contributed by atoms with Gasteiger partial charge in [0.15, 0.2) is 0 Å². The number of fused-ring (bicyclic) bond motifs is 4. The van der Waals surface area contributed by atoms with Gasteiger partial charge in [-0.05, 0) is 132 Å². The predicted octanol–water partition coefficient (Wildman–Crippen LogP) is 5.23. The van der Waals surface area contributed by atoms with Crippen molar-refractivity contribution < 1.29 is 25.9 Å². The van der Waals surface area contributed by atoms with E-state index in [9.17, 15) is 15.0 Å². The molecule has 5 saturated carbocycles. The summed E-state index contributed by atoms with van der Waals surface area (Å²) in [6.07, 6.45) is 10.6. The molecule has 0 aromatic rings. The molecule has 11 atom stereocenters. The van der Waals surface area contributed by atoms with E-state index in [-0.39, 0.29) is 31.2 Å². The summed E-state index contributed by atoms with van der Waals surface area (Å²) in [6, 6.07) is 0. The zero-order valence-electron chi connectivity index (χ0n) is 26.2. The quantitative estimate of drug-likeness (QED) is 0.411. The van der Waals surface area contributed by atoms with Gasteiger partial charge in [-0.1, -0.05) is 20.8 Å². The van der Waals surface area contributed by atoms with Gasteiger partial charge in [0.25, 0.3) is 0 Å². The number of likely N-dealkylation sites (N-methyl/N-ethyl adjacent to an activating group) is 1. The van der Waals surface area contributed by atoms with Crippen LogP contribution in [0, 0.1) is 45.3 Å². The summed E-state index contributed by atoms with van der Waals surface area (Å²) < 4.78 is 12.8. The smallest absolute Gasteiger partial charge is 0.407 e. The first-order valence-electron chi connectivity index (χ1n) is 16.3. The maximum absolute atomic E-state index is 12.7. The molecule has 2 spiro atoms. The van der Waals surface area contributed by atoms with E-state index in [1.54, 1.807) is 13.8 Å². The third-order valence-corrected chi connectivity index (χ3v) is 13.7. The molecular formula is C33H58N2O5. The van der Waals surface area contributed by atoms with Crippen molar-refractivity contribution in [3.63, 3.8) is 0 Å². The molecule has 40 heavy (non-hydrogen) atoms. The predicted molar refractivity (Wildman–Crippen MR) is 157 cm³/mol. The number of alkyl carbamates (subject to hydrolysis) is 1. The number of rotatable bonds is 6. The molecular weight excluding hydrogens is 504 g/mol. The molecule has 7 nitrogen and oxygen atoms in total. The van der Waals surface area contributed by atoms with Gasteiger partial charge in [-0.2, -0.15) is 0 Å². The number of hydrogen-bond donors (Lipinski definition) is 3. The van der Waals surface area contributed by atoms with Gasteiger partial charge in [0.1, 0.15) is 12.2 Å². The van der Waals surface area contributed by atoms with Gasteiger partial charge in [0, 0.05) is 19.9 Å². The molecule has 0 bridgehead atoms. The molecule has 5 aliphatic carbocycles. The van der Waals surface area contributed by atoms with Gasteiger partial charge >= 0.3 is 6.09 Å². The first-order valence-corrected chi connectivity index (χ1v) is 16.3. The van der Waals surface area contributed by atoms with Crippen LogP contribution in [0.25, 0.3) is 0 Å². The molecule has 3 N–H and O–H groups in total. The molecule has 230 valence electrons. The fourth-order valence-corrected chi connectivity index (χ4v) is 11.7. The molecule has 0 radical (unpaired) electrons. The van der Waals surface area contributed by atoms with Gasteiger partial charge in [-0.15, -0.1) is 0 Å². The summed E-state index contributed by atoms with van der Waals surface area (Å²) in [5, 5.41) is 24.2. The van der Waals surface area contributed by atoms with Gasteiger partial charge in [0.2, 0.25) is 0 Å². The van der Waals surface area contributed by atoms with Crippen LogP contribution in [0.15, 0.2) is 0 Å². The van der Waals surface area contributed by atoms with E-state index in [2.05, 4.69) is 31.0 Å². The fraction of sp³-hybridized carbons (Fsp3) is 0.970. The molecule has 6 rings (SSSR count). The molecule has 1 heterocycles. The van der Waals surface area contributed by atoms with Crippen LogP contribution in [0.5, 0.6) is 0 Å². The molecule has 6 fully saturated rings. The lowest BCUT2D eigenvalue weighted by Gasteiger charge is -2.59. The van der Waals surface area contributed by atoms with Gasteiger partial charge in [-0.25, -0.2) is 4.79 Å². The van der Waals surface area contributed by atoms with Crippen molar-refractivity contribution >= 4 is 6.09 Å². The van der Waals surface area contributed by atoms with Crippen LogP contribution in [-0.4, -0.2) is 78.4 Å². The zero-order valence-corrected chi connectivity index (χ0v) is 26.2. The topological polar surface area (TPSA) is 91.3 Å². The Morgan fingerprint density at radius 1 is 1.05 bits per heavy atom. The minimum atomic E-state index is -1.14. The number of hydrogen-bond acceptors (Lipinski definition) is 6. The number of nitrogens with one attached hydrogen (secondary N) is 1. The third kappa shape index (κ3) is 4.22. The average molecular weight is 563 g/mol. The lowest BCUT2D eigenvalue weighted by molar-refractivity contribution is -0.177. The van der Waals surface area contributed by atoms with Gasteiger partial charge in [-0.3, -0.25) is 0 Å². The third-order valence-electron chi connectivity index (χ3n) is 13.7. The first kappa shape index (κ1) is 29.2. The Balaban J connectivity index is 0.00000337. The largest absolute Gasteiger partial charge is 0.446 e.